The molecule has 0 aliphatic heterocycles. The maximum atomic E-state index is 5.56. The van der Waals surface area contributed by atoms with Gasteiger partial charge in [-0.05, 0) is 24.7 Å². The van der Waals surface area contributed by atoms with Crippen molar-refractivity contribution in [2.45, 2.75) is 25.3 Å². The predicted octanol–water partition coefficient (Wildman–Crippen LogP) is 0.919. The second-order valence-electron chi connectivity index (χ2n) is 2.67. The van der Waals surface area contributed by atoms with Crippen LogP contribution in [-0.4, -0.2) is 6.04 Å². The number of hydrogen-bond acceptors (Lipinski definition) is 1. The minimum atomic E-state index is 0. The van der Waals surface area contributed by atoms with E-state index < -0.39 is 0 Å². The molecular weight excluding hydrogens is 110 g/mol. The molecule has 1 atom stereocenters. The second-order valence-corrected chi connectivity index (χ2v) is 2.67. The molecule has 1 unspecified atom stereocenters. The minimum absolute atomic E-state index is 0. The van der Waals surface area contributed by atoms with E-state index in [2.05, 4.69) is 0 Å². The fourth-order valence-corrected chi connectivity index (χ4v) is 1.11. The Balaban J connectivity index is 0.000000245. The van der Waals surface area contributed by atoms with E-state index in [9.17, 15) is 0 Å². The monoisotopic (exact) mass is 119 g/mol. The quantitative estimate of drug-likeness (QED) is 0.504. The average molecular weight is 120 g/mol. The number of nitrogens with two attached hydrogens (primary N) is 1. The van der Waals surface area contributed by atoms with Crippen molar-refractivity contribution in [2.75, 3.05) is 0 Å². The Morgan fingerprint density at radius 2 is 1.86 bits per heavy atom. The maximum absolute atomic E-state index is 5.56. The highest BCUT2D eigenvalue weighted by Gasteiger charge is 2.60. The zero-order valence-corrected chi connectivity index (χ0v) is 5.00. The van der Waals surface area contributed by atoms with Gasteiger partial charge in [0.1, 0.15) is 0 Å². The third kappa shape index (κ3) is 0.556. The first kappa shape index (κ1) is 5.39. The lowest BCUT2D eigenvalue weighted by molar-refractivity contribution is 0.825. The Morgan fingerprint density at radius 1 is 1.43 bits per heavy atom. The van der Waals surface area contributed by atoms with Gasteiger partial charge in [0.25, 0.3) is 0 Å². The third-order valence-corrected chi connectivity index (χ3v) is 2.15. The van der Waals surface area contributed by atoms with Gasteiger partial charge in [-0.15, -0.1) is 12.4 Å². The molecule has 2 N–H and O–H groups in total. The molecule has 0 heterocycles. The molecule has 7 heavy (non-hydrogen) atoms. The van der Waals surface area contributed by atoms with Crippen LogP contribution in [-0.2, 0) is 0 Å². The predicted molar refractivity (Wildman–Crippen MR) is 31.5 cm³/mol. The molecule has 1 spiro atoms. The van der Waals surface area contributed by atoms with Crippen LogP contribution in [0.25, 0.3) is 0 Å². The molecule has 42 valence electrons. The second kappa shape index (κ2) is 1.15. The molecule has 1 nitrogen and oxygen atoms in total. The highest BCUT2D eigenvalue weighted by Crippen LogP contribution is 2.64. The molecule has 0 bridgehead atoms. The van der Waals surface area contributed by atoms with Crippen LogP contribution in [0, 0.1) is 5.41 Å². The summed E-state index contributed by atoms with van der Waals surface area (Å²) in [5.74, 6) is 0. The van der Waals surface area contributed by atoms with Crippen LogP contribution in [0.15, 0.2) is 0 Å². The number of hydrogen-bond donors (Lipinski definition) is 1. The molecular formula is C5H10ClN. The van der Waals surface area contributed by atoms with Crippen LogP contribution in [0.4, 0.5) is 0 Å². The first-order valence-electron chi connectivity index (χ1n) is 2.59. The van der Waals surface area contributed by atoms with E-state index in [4.69, 9.17) is 5.73 Å². The van der Waals surface area contributed by atoms with Crippen LogP contribution >= 0.6 is 12.4 Å². The molecule has 2 rings (SSSR count). The van der Waals surface area contributed by atoms with Crippen molar-refractivity contribution in [3.8, 4) is 0 Å². The summed E-state index contributed by atoms with van der Waals surface area (Å²) in [6, 6.07) is 0.609. The van der Waals surface area contributed by atoms with Crippen molar-refractivity contribution in [3.63, 3.8) is 0 Å². The Morgan fingerprint density at radius 3 is 1.86 bits per heavy atom. The van der Waals surface area contributed by atoms with Crippen LogP contribution in [0.3, 0.4) is 0 Å². The summed E-state index contributed by atoms with van der Waals surface area (Å²) in [6.07, 6.45) is 4.18. The SMILES string of the molecule is Cl.NC1CC12CC2. The van der Waals surface area contributed by atoms with Crippen LogP contribution in [0.2, 0.25) is 0 Å². The van der Waals surface area contributed by atoms with Gasteiger partial charge < -0.3 is 5.73 Å². The zero-order chi connectivity index (χ0) is 4.20. The van der Waals surface area contributed by atoms with E-state index in [1.807, 2.05) is 0 Å². The van der Waals surface area contributed by atoms with Gasteiger partial charge in [-0.1, -0.05) is 0 Å². The third-order valence-electron chi connectivity index (χ3n) is 2.15. The normalized spacial score (nSPS) is 39.9. The zero-order valence-electron chi connectivity index (χ0n) is 4.18. The standard InChI is InChI=1S/C5H9N.ClH/c6-4-3-5(4)1-2-5;/h4H,1-3,6H2;1H. The van der Waals surface area contributed by atoms with E-state index in [0.717, 1.165) is 5.41 Å². The molecule has 0 radical (unpaired) electrons. The minimum Gasteiger partial charge on any atom is -0.327 e. The van der Waals surface area contributed by atoms with Gasteiger partial charge in [0.05, 0.1) is 0 Å². The maximum Gasteiger partial charge on any atom is 0.0102 e. The van der Waals surface area contributed by atoms with E-state index in [-0.39, 0.29) is 12.4 Å². The van der Waals surface area contributed by atoms with E-state index in [0.29, 0.717) is 6.04 Å². The van der Waals surface area contributed by atoms with Gasteiger partial charge >= 0.3 is 0 Å². The van der Waals surface area contributed by atoms with E-state index in [1.165, 1.54) is 19.3 Å². The average Bonchev–Trinajstić information content (AvgIpc) is 2.25. The molecule has 0 aromatic heterocycles. The molecule has 0 amide bonds. The largest absolute Gasteiger partial charge is 0.327 e. The van der Waals surface area contributed by atoms with Crippen molar-refractivity contribution in [1.29, 1.82) is 0 Å². The molecule has 0 saturated heterocycles. The van der Waals surface area contributed by atoms with Crippen LogP contribution < -0.4 is 5.73 Å². The first-order chi connectivity index (χ1) is 2.83. The Bertz CT molecular complexity index is 88.1. The molecule has 2 saturated carbocycles. The molecule has 2 aliphatic carbocycles. The van der Waals surface area contributed by atoms with Crippen molar-refractivity contribution < 1.29 is 0 Å². The number of halogens is 1. The van der Waals surface area contributed by atoms with Crippen molar-refractivity contribution >= 4 is 12.4 Å². The Hall–Kier alpha value is 0.250. The summed E-state index contributed by atoms with van der Waals surface area (Å²) in [5, 5.41) is 0. The van der Waals surface area contributed by atoms with E-state index in [1.54, 1.807) is 0 Å². The Kier molecular flexibility index (Phi) is 0.884. The van der Waals surface area contributed by atoms with Crippen molar-refractivity contribution in [2.24, 2.45) is 11.1 Å². The fourth-order valence-electron chi connectivity index (χ4n) is 1.11. The van der Waals surface area contributed by atoms with Gasteiger partial charge in [-0.25, -0.2) is 0 Å². The lowest BCUT2D eigenvalue weighted by Crippen LogP contribution is -2.00. The highest BCUT2D eigenvalue weighted by atomic mass is 35.5. The summed E-state index contributed by atoms with van der Waals surface area (Å²) < 4.78 is 0. The lowest BCUT2D eigenvalue weighted by atomic mass is 10.4. The fraction of sp³-hybridized carbons (Fsp3) is 1.00. The summed E-state index contributed by atoms with van der Waals surface area (Å²) in [6.45, 7) is 0. The van der Waals surface area contributed by atoms with Gasteiger partial charge in [0.15, 0.2) is 0 Å². The van der Waals surface area contributed by atoms with Gasteiger partial charge in [-0.2, -0.15) is 0 Å². The van der Waals surface area contributed by atoms with Crippen LogP contribution in [0.1, 0.15) is 19.3 Å². The molecule has 0 aromatic rings. The summed E-state index contributed by atoms with van der Waals surface area (Å²) in [7, 11) is 0. The molecule has 2 aliphatic rings. The van der Waals surface area contributed by atoms with Gasteiger partial charge in [0, 0.05) is 6.04 Å². The van der Waals surface area contributed by atoms with Gasteiger partial charge in [0.2, 0.25) is 0 Å². The first-order valence-corrected chi connectivity index (χ1v) is 2.59. The molecule has 2 fully saturated rings. The summed E-state index contributed by atoms with van der Waals surface area (Å²) in [4.78, 5) is 0. The molecule has 2 heteroatoms. The van der Waals surface area contributed by atoms with Gasteiger partial charge in [-0.3, -0.25) is 0 Å². The topological polar surface area (TPSA) is 26.0 Å². The summed E-state index contributed by atoms with van der Waals surface area (Å²) >= 11 is 0. The number of rotatable bonds is 0. The van der Waals surface area contributed by atoms with Crippen molar-refractivity contribution in [3.05, 3.63) is 0 Å². The smallest absolute Gasteiger partial charge is 0.0102 e. The van der Waals surface area contributed by atoms with Crippen molar-refractivity contribution in [1.82, 2.24) is 0 Å². The van der Waals surface area contributed by atoms with Crippen LogP contribution in [0.5, 0.6) is 0 Å². The molecule has 0 aromatic carbocycles. The summed E-state index contributed by atoms with van der Waals surface area (Å²) in [5.41, 5.74) is 6.30. The lowest BCUT2D eigenvalue weighted by Gasteiger charge is -1.73. The highest BCUT2D eigenvalue weighted by molar-refractivity contribution is 5.85. The Labute approximate surface area is 49.7 Å². The van der Waals surface area contributed by atoms with E-state index >= 15 is 0 Å².